The number of hydrogen-bond acceptors (Lipinski definition) is 3. The van der Waals surface area contributed by atoms with E-state index in [1.807, 2.05) is 0 Å². The fourth-order valence-electron chi connectivity index (χ4n) is 3.38. The van der Waals surface area contributed by atoms with E-state index in [2.05, 4.69) is 5.32 Å². The van der Waals surface area contributed by atoms with Crippen LogP contribution in [0.15, 0.2) is 0 Å². The van der Waals surface area contributed by atoms with E-state index in [0.717, 1.165) is 6.42 Å². The lowest BCUT2D eigenvalue weighted by Crippen LogP contribution is -2.63. The molecule has 3 rings (SSSR count). The fourth-order valence-corrected chi connectivity index (χ4v) is 3.38. The molecule has 0 radical (unpaired) electrons. The number of aliphatic hydroxyl groups excluding tert-OH is 1. The normalized spacial score (nSPS) is 52.5. The molecule has 0 spiro atoms. The van der Waals surface area contributed by atoms with Crippen molar-refractivity contribution in [3.8, 4) is 0 Å². The van der Waals surface area contributed by atoms with Crippen LogP contribution in [-0.4, -0.2) is 36.0 Å². The van der Waals surface area contributed by atoms with Crippen LogP contribution >= 0.6 is 0 Å². The quantitative estimate of drug-likeness (QED) is 0.599. The molecule has 0 aromatic carbocycles. The Morgan fingerprint density at radius 1 is 1.14 bits per heavy atom. The smallest absolute Gasteiger partial charge is 0.0927 e. The minimum absolute atomic E-state index is 0.283. The van der Waals surface area contributed by atoms with Gasteiger partial charge in [0.05, 0.1) is 18.8 Å². The van der Waals surface area contributed by atoms with Crippen LogP contribution in [0.5, 0.6) is 0 Å². The highest BCUT2D eigenvalue weighted by atomic mass is 16.5. The van der Waals surface area contributed by atoms with E-state index >= 15 is 0 Å². The molecule has 3 heteroatoms. The molecule has 3 fully saturated rings. The van der Waals surface area contributed by atoms with E-state index in [9.17, 15) is 5.11 Å². The molecule has 2 bridgehead atoms. The second kappa shape index (κ2) is 3.47. The van der Waals surface area contributed by atoms with Crippen LogP contribution in [0.3, 0.4) is 0 Å². The Morgan fingerprint density at radius 2 is 2.00 bits per heavy atom. The molecule has 0 amide bonds. The summed E-state index contributed by atoms with van der Waals surface area (Å²) in [6, 6.07) is 0.913. The molecule has 5 atom stereocenters. The molecule has 1 aliphatic carbocycles. The van der Waals surface area contributed by atoms with Gasteiger partial charge >= 0.3 is 0 Å². The Morgan fingerprint density at radius 3 is 2.93 bits per heavy atom. The summed E-state index contributed by atoms with van der Waals surface area (Å²) in [6.07, 6.45) is 6.44. The standard InChI is InChI=1S/C11H19NO2/c13-10-6-14-11-5-9(10)12-8-4-2-1-3-7(8)11/h7-13H,1-6H2/t7?,8?,9-,10-,11-/m1/s1. The van der Waals surface area contributed by atoms with E-state index in [1.165, 1.54) is 25.7 Å². The van der Waals surface area contributed by atoms with Crippen LogP contribution in [-0.2, 0) is 4.74 Å². The predicted octanol–water partition coefficient (Wildman–Crippen LogP) is 0.667. The van der Waals surface area contributed by atoms with E-state index in [4.69, 9.17) is 4.74 Å². The second-order valence-electron chi connectivity index (χ2n) is 5.00. The minimum Gasteiger partial charge on any atom is -0.389 e. The summed E-state index contributed by atoms with van der Waals surface area (Å²) < 4.78 is 5.74. The Hall–Kier alpha value is -0.120. The molecule has 80 valence electrons. The number of fused-ring (bicyclic) bond motifs is 4. The zero-order valence-electron chi connectivity index (χ0n) is 8.48. The number of nitrogens with one attached hydrogen (secondary N) is 1. The molecule has 2 aliphatic heterocycles. The molecule has 2 saturated heterocycles. The molecular weight excluding hydrogens is 178 g/mol. The molecule has 0 aromatic rings. The van der Waals surface area contributed by atoms with Crippen LogP contribution in [0.25, 0.3) is 0 Å². The van der Waals surface area contributed by atoms with Gasteiger partial charge in [-0.2, -0.15) is 0 Å². The third-order valence-electron chi connectivity index (χ3n) is 4.16. The lowest BCUT2D eigenvalue weighted by molar-refractivity contribution is -0.132. The zero-order valence-corrected chi connectivity index (χ0v) is 8.48. The van der Waals surface area contributed by atoms with Crippen molar-refractivity contribution in [2.24, 2.45) is 5.92 Å². The highest BCUT2D eigenvalue weighted by Crippen LogP contribution is 2.36. The van der Waals surface area contributed by atoms with E-state index in [-0.39, 0.29) is 6.10 Å². The van der Waals surface area contributed by atoms with Crippen molar-refractivity contribution in [2.45, 2.75) is 56.4 Å². The molecule has 2 unspecified atom stereocenters. The van der Waals surface area contributed by atoms with Gasteiger partial charge < -0.3 is 15.2 Å². The van der Waals surface area contributed by atoms with Crippen molar-refractivity contribution in [3.05, 3.63) is 0 Å². The maximum Gasteiger partial charge on any atom is 0.0927 e. The Balaban J connectivity index is 1.77. The summed E-state index contributed by atoms with van der Waals surface area (Å²) in [5.41, 5.74) is 0. The van der Waals surface area contributed by atoms with Gasteiger partial charge in [-0.1, -0.05) is 12.8 Å². The average molecular weight is 197 g/mol. The monoisotopic (exact) mass is 197 g/mol. The first kappa shape index (κ1) is 9.13. The zero-order chi connectivity index (χ0) is 9.54. The molecule has 2 heterocycles. The Bertz CT molecular complexity index is 219. The van der Waals surface area contributed by atoms with Gasteiger partial charge in [0.25, 0.3) is 0 Å². The van der Waals surface area contributed by atoms with Gasteiger partial charge in [0.2, 0.25) is 0 Å². The van der Waals surface area contributed by atoms with Gasteiger partial charge in [0, 0.05) is 18.0 Å². The van der Waals surface area contributed by atoms with Crippen molar-refractivity contribution >= 4 is 0 Å². The summed E-state index contributed by atoms with van der Waals surface area (Å²) in [6.45, 7) is 0.533. The number of hydrogen-bond donors (Lipinski definition) is 2. The van der Waals surface area contributed by atoms with Crippen LogP contribution in [0.2, 0.25) is 0 Å². The summed E-state index contributed by atoms with van der Waals surface area (Å²) in [5.74, 6) is 0.715. The first-order valence-electron chi connectivity index (χ1n) is 5.90. The third kappa shape index (κ3) is 1.38. The molecule has 2 N–H and O–H groups in total. The highest BCUT2D eigenvalue weighted by Gasteiger charge is 2.44. The topological polar surface area (TPSA) is 41.5 Å². The average Bonchev–Trinajstić information content (AvgIpc) is 2.24. The van der Waals surface area contributed by atoms with E-state index in [0.29, 0.717) is 30.7 Å². The number of rotatable bonds is 0. The van der Waals surface area contributed by atoms with Crippen molar-refractivity contribution in [1.82, 2.24) is 5.32 Å². The van der Waals surface area contributed by atoms with Gasteiger partial charge in [0.15, 0.2) is 0 Å². The largest absolute Gasteiger partial charge is 0.389 e. The number of ether oxygens (including phenoxy) is 1. The van der Waals surface area contributed by atoms with Crippen LogP contribution in [0.4, 0.5) is 0 Å². The predicted molar refractivity (Wildman–Crippen MR) is 53.0 cm³/mol. The highest BCUT2D eigenvalue weighted by molar-refractivity contribution is 4.99. The van der Waals surface area contributed by atoms with Gasteiger partial charge in [0.1, 0.15) is 0 Å². The molecule has 3 nitrogen and oxygen atoms in total. The van der Waals surface area contributed by atoms with Gasteiger partial charge in [-0.05, 0) is 19.3 Å². The first-order chi connectivity index (χ1) is 6.84. The first-order valence-corrected chi connectivity index (χ1v) is 5.90. The van der Waals surface area contributed by atoms with Crippen molar-refractivity contribution < 1.29 is 9.84 Å². The molecule has 0 aromatic heterocycles. The summed E-state index contributed by atoms with van der Waals surface area (Å²) in [4.78, 5) is 0. The minimum atomic E-state index is -0.283. The van der Waals surface area contributed by atoms with Crippen LogP contribution < -0.4 is 5.32 Å². The van der Waals surface area contributed by atoms with E-state index < -0.39 is 0 Å². The van der Waals surface area contributed by atoms with Gasteiger partial charge in [-0.25, -0.2) is 0 Å². The molecule has 14 heavy (non-hydrogen) atoms. The Kier molecular flexibility index (Phi) is 2.26. The molecule has 1 saturated carbocycles. The van der Waals surface area contributed by atoms with Crippen molar-refractivity contribution in [2.75, 3.05) is 6.61 Å². The van der Waals surface area contributed by atoms with Crippen LogP contribution in [0, 0.1) is 5.92 Å². The van der Waals surface area contributed by atoms with Crippen molar-refractivity contribution in [3.63, 3.8) is 0 Å². The lowest BCUT2D eigenvalue weighted by Gasteiger charge is -2.49. The Labute approximate surface area is 84.8 Å². The fraction of sp³-hybridized carbons (Fsp3) is 1.00. The summed E-state index contributed by atoms with van der Waals surface area (Å²) in [7, 11) is 0. The SMILES string of the molecule is O[C@@H]1CO[C@@H]2C[C@H]1NC1CCCCC12. The lowest BCUT2D eigenvalue weighted by atomic mass is 9.74. The molecular formula is C11H19NO2. The van der Waals surface area contributed by atoms with Crippen molar-refractivity contribution in [1.29, 1.82) is 0 Å². The number of aliphatic hydroxyl groups is 1. The summed E-state index contributed by atoms with van der Waals surface area (Å²) >= 11 is 0. The van der Waals surface area contributed by atoms with E-state index in [1.54, 1.807) is 0 Å². The van der Waals surface area contributed by atoms with Gasteiger partial charge in [-0.3, -0.25) is 0 Å². The van der Waals surface area contributed by atoms with Crippen LogP contribution in [0.1, 0.15) is 32.1 Å². The second-order valence-corrected chi connectivity index (χ2v) is 5.00. The summed E-state index contributed by atoms with van der Waals surface area (Å²) in [5, 5.41) is 13.3. The molecule has 3 aliphatic rings. The number of piperidine rings is 1. The maximum absolute atomic E-state index is 9.72. The van der Waals surface area contributed by atoms with Gasteiger partial charge in [-0.15, -0.1) is 0 Å². The third-order valence-corrected chi connectivity index (χ3v) is 4.16. The maximum atomic E-state index is 9.72.